The molecule has 0 saturated heterocycles. The molecule has 0 atom stereocenters. The summed E-state index contributed by atoms with van der Waals surface area (Å²) < 4.78 is 10.8. The zero-order chi connectivity index (χ0) is 13.0. The molecular formula is C13H11NO3S. The van der Waals surface area contributed by atoms with E-state index in [1.807, 2.05) is 18.2 Å². The van der Waals surface area contributed by atoms with E-state index in [0.29, 0.717) is 11.6 Å². The van der Waals surface area contributed by atoms with Crippen molar-refractivity contribution in [3.8, 4) is 17.6 Å². The van der Waals surface area contributed by atoms with Gasteiger partial charge in [0.25, 0.3) is 0 Å². The molecule has 0 aliphatic carbocycles. The Morgan fingerprint density at radius 3 is 3.06 bits per heavy atom. The van der Waals surface area contributed by atoms with Gasteiger partial charge in [0, 0.05) is 5.92 Å². The van der Waals surface area contributed by atoms with Crippen LogP contribution in [0.4, 0.5) is 0 Å². The van der Waals surface area contributed by atoms with Crippen molar-refractivity contribution >= 4 is 27.5 Å². The van der Waals surface area contributed by atoms with Gasteiger partial charge in [0.15, 0.2) is 5.01 Å². The van der Waals surface area contributed by atoms with E-state index < -0.39 is 5.97 Å². The van der Waals surface area contributed by atoms with E-state index in [4.69, 9.17) is 9.47 Å². The summed E-state index contributed by atoms with van der Waals surface area (Å²) in [5, 5.41) is 0.589. The van der Waals surface area contributed by atoms with E-state index >= 15 is 0 Å². The fraction of sp³-hybridized carbons (Fsp3) is 0.231. The minimum absolute atomic E-state index is 0.324. The van der Waals surface area contributed by atoms with Gasteiger partial charge in [-0.25, -0.2) is 9.78 Å². The first-order chi connectivity index (χ1) is 8.72. The van der Waals surface area contributed by atoms with Crippen LogP contribution in [0.3, 0.4) is 0 Å². The Morgan fingerprint density at radius 2 is 2.33 bits per heavy atom. The number of benzene rings is 1. The smallest absolute Gasteiger partial charge is 0.384 e. The maximum absolute atomic E-state index is 11.1. The molecule has 0 spiro atoms. The van der Waals surface area contributed by atoms with E-state index in [2.05, 4.69) is 16.8 Å². The number of nitrogens with zero attached hydrogens (tertiary/aromatic N) is 1. The van der Waals surface area contributed by atoms with Gasteiger partial charge in [-0.1, -0.05) is 0 Å². The number of hydrogen-bond acceptors (Lipinski definition) is 5. The first-order valence-corrected chi connectivity index (χ1v) is 6.18. The van der Waals surface area contributed by atoms with Crippen molar-refractivity contribution in [1.29, 1.82) is 0 Å². The summed E-state index contributed by atoms with van der Waals surface area (Å²) in [5.41, 5.74) is 0.842. The fourth-order valence-electron chi connectivity index (χ4n) is 1.36. The number of carbonyl (C=O) groups is 1. The average Bonchev–Trinajstić information content (AvgIpc) is 2.78. The summed E-state index contributed by atoms with van der Waals surface area (Å²) in [6.07, 6.45) is 0. The third kappa shape index (κ3) is 2.79. The van der Waals surface area contributed by atoms with E-state index in [-0.39, 0.29) is 0 Å². The van der Waals surface area contributed by atoms with Crippen LogP contribution in [-0.2, 0) is 9.53 Å². The number of fused-ring (bicyclic) bond motifs is 1. The van der Waals surface area contributed by atoms with Crippen LogP contribution >= 0.6 is 11.3 Å². The van der Waals surface area contributed by atoms with Crippen LogP contribution in [0.1, 0.15) is 11.9 Å². The lowest BCUT2D eigenvalue weighted by Crippen LogP contribution is -1.99. The van der Waals surface area contributed by atoms with Crippen LogP contribution in [0.2, 0.25) is 0 Å². The van der Waals surface area contributed by atoms with Crippen LogP contribution < -0.4 is 4.74 Å². The van der Waals surface area contributed by atoms with Crippen LogP contribution in [0.5, 0.6) is 5.75 Å². The third-order valence-electron chi connectivity index (χ3n) is 2.14. The highest BCUT2D eigenvalue weighted by Gasteiger charge is 2.03. The molecule has 2 aromatic rings. The molecule has 0 aliphatic heterocycles. The number of hydrogen-bond donors (Lipinski definition) is 0. The van der Waals surface area contributed by atoms with Gasteiger partial charge in [-0.15, -0.1) is 11.3 Å². The molecule has 1 aromatic carbocycles. The molecule has 0 amide bonds. The molecule has 5 heteroatoms. The highest BCUT2D eigenvalue weighted by atomic mass is 32.1. The predicted octanol–water partition coefficient (Wildman–Crippen LogP) is 2.22. The van der Waals surface area contributed by atoms with Crippen molar-refractivity contribution in [3.63, 3.8) is 0 Å². The van der Waals surface area contributed by atoms with Crippen molar-refractivity contribution in [1.82, 2.24) is 4.98 Å². The normalized spacial score (nSPS) is 9.67. The van der Waals surface area contributed by atoms with Crippen molar-refractivity contribution in [2.75, 3.05) is 13.7 Å². The van der Waals surface area contributed by atoms with Crippen molar-refractivity contribution in [3.05, 3.63) is 23.2 Å². The number of aromatic nitrogens is 1. The molecule has 18 heavy (non-hydrogen) atoms. The molecular weight excluding hydrogens is 250 g/mol. The highest BCUT2D eigenvalue weighted by molar-refractivity contribution is 7.19. The third-order valence-corrected chi connectivity index (χ3v) is 3.08. The lowest BCUT2D eigenvalue weighted by atomic mass is 10.3. The molecule has 0 bridgehead atoms. The molecule has 0 N–H and O–H groups in total. The SMILES string of the molecule is CCOC(=O)C#Cc1nc2ccc(OC)cc2s1. The zero-order valence-corrected chi connectivity index (χ0v) is 10.8. The van der Waals surface area contributed by atoms with E-state index in [9.17, 15) is 4.79 Å². The lowest BCUT2D eigenvalue weighted by molar-refractivity contribution is -0.136. The summed E-state index contributed by atoms with van der Waals surface area (Å²) in [5.74, 6) is 5.33. The maximum atomic E-state index is 11.1. The van der Waals surface area contributed by atoms with E-state index in [1.165, 1.54) is 11.3 Å². The Morgan fingerprint density at radius 1 is 1.50 bits per heavy atom. The second-order valence-corrected chi connectivity index (χ2v) is 4.35. The summed E-state index contributed by atoms with van der Waals surface area (Å²) in [7, 11) is 1.61. The largest absolute Gasteiger partial charge is 0.497 e. The molecule has 0 saturated carbocycles. The van der Waals surface area contributed by atoms with Gasteiger partial charge in [-0.3, -0.25) is 0 Å². The van der Waals surface area contributed by atoms with Crippen LogP contribution in [0, 0.1) is 11.8 Å². The van der Waals surface area contributed by atoms with Crippen LogP contribution in [0.15, 0.2) is 18.2 Å². The summed E-state index contributed by atoms with van der Waals surface area (Å²) >= 11 is 1.41. The topological polar surface area (TPSA) is 48.4 Å². The van der Waals surface area contributed by atoms with Gasteiger partial charge in [-0.2, -0.15) is 0 Å². The van der Waals surface area contributed by atoms with Crippen LogP contribution in [0.25, 0.3) is 10.2 Å². The standard InChI is InChI=1S/C13H11NO3S/c1-3-17-13(15)7-6-12-14-10-5-4-9(16-2)8-11(10)18-12/h4-5,8H,3H2,1-2H3. The quantitative estimate of drug-likeness (QED) is 0.614. The van der Waals surface area contributed by atoms with Gasteiger partial charge >= 0.3 is 5.97 Å². The molecule has 1 heterocycles. The number of rotatable bonds is 2. The van der Waals surface area contributed by atoms with E-state index in [1.54, 1.807) is 14.0 Å². The summed E-state index contributed by atoms with van der Waals surface area (Å²) in [6.45, 7) is 2.06. The van der Waals surface area contributed by atoms with Crippen LogP contribution in [-0.4, -0.2) is 24.7 Å². The number of esters is 1. The Balaban J connectivity index is 2.27. The Hall–Kier alpha value is -2.06. The summed E-state index contributed by atoms with van der Waals surface area (Å²) in [6, 6.07) is 5.59. The molecule has 1 aromatic heterocycles. The minimum atomic E-state index is -0.533. The number of thiazole rings is 1. The first-order valence-electron chi connectivity index (χ1n) is 5.36. The molecule has 0 fully saturated rings. The second kappa shape index (κ2) is 5.52. The Labute approximate surface area is 109 Å². The van der Waals surface area contributed by atoms with Gasteiger partial charge in [0.1, 0.15) is 5.75 Å². The van der Waals surface area contributed by atoms with Gasteiger partial charge < -0.3 is 9.47 Å². The molecule has 2 rings (SSSR count). The average molecular weight is 261 g/mol. The molecule has 4 nitrogen and oxygen atoms in total. The molecule has 0 aliphatic rings. The highest BCUT2D eigenvalue weighted by Crippen LogP contribution is 2.25. The molecule has 0 radical (unpaired) electrons. The number of ether oxygens (including phenoxy) is 2. The molecule has 0 unspecified atom stereocenters. The number of methoxy groups -OCH3 is 1. The monoisotopic (exact) mass is 261 g/mol. The number of carbonyl (C=O) groups excluding carboxylic acids is 1. The van der Waals surface area contributed by atoms with Gasteiger partial charge in [0.2, 0.25) is 0 Å². The maximum Gasteiger partial charge on any atom is 0.384 e. The van der Waals surface area contributed by atoms with Gasteiger partial charge in [0.05, 0.1) is 23.9 Å². The molecule has 92 valence electrons. The van der Waals surface area contributed by atoms with Crippen molar-refractivity contribution in [2.24, 2.45) is 0 Å². The predicted molar refractivity (Wildman–Crippen MR) is 69.7 cm³/mol. The van der Waals surface area contributed by atoms with E-state index in [0.717, 1.165) is 16.0 Å². The summed E-state index contributed by atoms with van der Waals surface area (Å²) in [4.78, 5) is 15.4. The Kier molecular flexibility index (Phi) is 3.80. The lowest BCUT2D eigenvalue weighted by Gasteiger charge is -1.96. The van der Waals surface area contributed by atoms with Crippen molar-refractivity contribution < 1.29 is 14.3 Å². The minimum Gasteiger partial charge on any atom is -0.497 e. The fourth-order valence-corrected chi connectivity index (χ4v) is 2.20. The Bertz CT molecular complexity index is 636. The first kappa shape index (κ1) is 12.4. The van der Waals surface area contributed by atoms with Crippen molar-refractivity contribution in [2.45, 2.75) is 6.92 Å². The second-order valence-electron chi connectivity index (χ2n) is 3.32. The zero-order valence-electron chi connectivity index (χ0n) is 10.0. The van der Waals surface area contributed by atoms with Gasteiger partial charge in [-0.05, 0) is 31.0 Å².